The SMILES string of the molecule is C=Nc1c(/C=C\C)c(-c2ccc(-c3cccc(-n4nc(-c5ccccc5)c5c(-c6ccccc6)cc6ccccc6c54)c3)cc2)cc2cccnc12. The van der Waals surface area contributed by atoms with Crippen molar-refractivity contribution in [2.24, 2.45) is 4.99 Å². The number of pyridine rings is 1. The molecule has 2 aromatic heterocycles. The van der Waals surface area contributed by atoms with Crippen molar-refractivity contribution in [3.05, 3.63) is 176 Å². The molecule has 2 heterocycles. The van der Waals surface area contributed by atoms with Crippen LogP contribution in [0.2, 0.25) is 0 Å². The van der Waals surface area contributed by atoms with Gasteiger partial charge in [0.1, 0.15) is 5.69 Å². The van der Waals surface area contributed by atoms with Gasteiger partial charge < -0.3 is 0 Å². The van der Waals surface area contributed by atoms with E-state index in [1.807, 2.05) is 19.1 Å². The average molecular weight is 667 g/mol. The number of aromatic nitrogens is 3. The lowest BCUT2D eigenvalue weighted by molar-refractivity contribution is 0.918. The van der Waals surface area contributed by atoms with Crippen LogP contribution in [-0.4, -0.2) is 21.5 Å². The molecule has 0 radical (unpaired) electrons. The molecular formula is C48H34N4. The number of rotatable bonds is 7. The summed E-state index contributed by atoms with van der Waals surface area (Å²) in [6.07, 6.45) is 5.93. The first-order valence-corrected chi connectivity index (χ1v) is 17.5. The molecule has 4 heteroatoms. The van der Waals surface area contributed by atoms with Crippen LogP contribution >= 0.6 is 0 Å². The van der Waals surface area contributed by atoms with Crippen molar-refractivity contribution in [3.8, 4) is 50.3 Å². The third kappa shape index (κ3) is 5.29. The summed E-state index contributed by atoms with van der Waals surface area (Å²) in [5, 5.41) is 9.93. The summed E-state index contributed by atoms with van der Waals surface area (Å²) in [5.41, 5.74) is 13.6. The van der Waals surface area contributed by atoms with Crippen LogP contribution < -0.4 is 0 Å². The van der Waals surface area contributed by atoms with Gasteiger partial charge in [-0.3, -0.25) is 9.98 Å². The number of hydrogen-bond donors (Lipinski definition) is 0. The van der Waals surface area contributed by atoms with Crippen LogP contribution in [0.5, 0.6) is 0 Å². The smallest absolute Gasteiger partial charge is 0.101 e. The van der Waals surface area contributed by atoms with E-state index in [4.69, 9.17) is 5.10 Å². The van der Waals surface area contributed by atoms with Gasteiger partial charge in [-0.1, -0.05) is 140 Å². The number of nitrogens with zero attached hydrogens (tertiary/aromatic N) is 4. The Balaban J connectivity index is 1.21. The minimum absolute atomic E-state index is 0.798. The fraction of sp³-hybridized carbons (Fsp3) is 0.0208. The lowest BCUT2D eigenvalue weighted by atomic mass is 9.93. The van der Waals surface area contributed by atoms with Gasteiger partial charge in [0.25, 0.3) is 0 Å². The van der Waals surface area contributed by atoms with E-state index in [9.17, 15) is 0 Å². The monoisotopic (exact) mass is 666 g/mol. The van der Waals surface area contributed by atoms with E-state index in [0.29, 0.717) is 0 Å². The first-order chi connectivity index (χ1) is 25.7. The maximum Gasteiger partial charge on any atom is 0.101 e. The van der Waals surface area contributed by atoms with E-state index in [-0.39, 0.29) is 0 Å². The van der Waals surface area contributed by atoms with Gasteiger partial charge in [0.2, 0.25) is 0 Å². The van der Waals surface area contributed by atoms with Gasteiger partial charge in [-0.2, -0.15) is 5.10 Å². The second-order valence-electron chi connectivity index (χ2n) is 12.9. The molecule has 0 fully saturated rings. The molecule has 246 valence electrons. The van der Waals surface area contributed by atoms with Crippen molar-refractivity contribution in [2.45, 2.75) is 6.92 Å². The van der Waals surface area contributed by atoms with Crippen LogP contribution in [0.15, 0.2) is 175 Å². The van der Waals surface area contributed by atoms with Crippen molar-refractivity contribution in [3.63, 3.8) is 0 Å². The Labute approximate surface area is 302 Å². The summed E-state index contributed by atoms with van der Waals surface area (Å²) >= 11 is 0. The van der Waals surface area contributed by atoms with Gasteiger partial charge >= 0.3 is 0 Å². The molecule has 0 unspecified atom stereocenters. The van der Waals surface area contributed by atoms with E-state index >= 15 is 0 Å². The van der Waals surface area contributed by atoms with Gasteiger partial charge in [-0.15, -0.1) is 0 Å². The molecule has 0 amide bonds. The Kier molecular flexibility index (Phi) is 7.83. The molecule has 0 aliphatic carbocycles. The summed E-state index contributed by atoms with van der Waals surface area (Å²) < 4.78 is 2.14. The molecule has 0 aliphatic heterocycles. The van der Waals surface area contributed by atoms with E-state index in [1.54, 1.807) is 6.20 Å². The lowest BCUT2D eigenvalue weighted by Crippen LogP contribution is -1.98. The first kappa shape index (κ1) is 31.1. The third-order valence-electron chi connectivity index (χ3n) is 9.82. The van der Waals surface area contributed by atoms with Gasteiger partial charge in [0.15, 0.2) is 0 Å². The van der Waals surface area contributed by atoms with Crippen molar-refractivity contribution >= 4 is 51.1 Å². The molecular weight excluding hydrogens is 633 g/mol. The van der Waals surface area contributed by atoms with Crippen molar-refractivity contribution in [1.29, 1.82) is 0 Å². The van der Waals surface area contributed by atoms with Crippen LogP contribution in [0.4, 0.5) is 5.69 Å². The molecule has 0 aliphatic rings. The van der Waals surface area contributed by atoms with Crippen LogP contribution in [0.25, 0.3) is 89.0 Å². The second-order valence-corrected chi connectivity index (χ2v) is 12.9. The summed E-state index contributed by atoms with van der Waals surface area (Å²) in [5.74, 6) is 0. The van der Waals surface area contributed by atoms with Crippen LogP contribution in [0.1, 0.15) is 12.5 Å². The molecule has 9 aromatic rings. The van der Waals surface area contributed by atoms with Gasteiger partial charge in [0, 0.05) is 33.5 Å². The zero-order valence-corrected chi connectivity index (χ0v) is 28.7. The van der Waals surface area contributed by atoms with Crippen molar-refractivity contribution in [2.75, 3.05) is 0 Å². The van der Waals surface area contributed by atoms with Gasteiger partial charge in [-0.25, -0.2) is 4.68 Å². The highest BCUT2D eigenvalue weighted by Gasteiger charge is 2.21. The Hall–Kier alpha value is -6.91. The van der Waals surface area contributed by atoms with E-state index in [2.05, 4.69) is 179 Å². The van der Waals surface area contributed by atoms with Crippen molar-refractivity contribution < 1.29 is 0 Å². The van der Waals surface area contributed by atoms with Crippen molar-refractivity contribution in [1.82, 2.24) is 14.8 Å². The molecule has 0 saturated heterocycles. The number of benzene rings is 7. The number of hydrogen-bond acceptors (Lipinski definition) is 3. The van der Waals surface area contributed by atoms with Gasteiger partial charge in [0.05, 0.1) is 22.4 Å². The molecule has 52 heavy (non-hydrogen) atoms. The highest BCUT2D eigenvalue weighted by atomic mass is 15.3. The Morgan fingerprint density at radius 3 is 2.02 bits per heavy atom. The van der Waals surface area contributed by atoms with Crippen LogP contribution in [0, 0.1) is 0 Å². The minimum atomic E-state index is 0.798. The fourth-order valence-electron chi connectivity index (χ4n) is 7.43. The third-order valence-corrected chi connectivity index (χ3v) is 9.82. The fourth-order valence-corrected chi connectivity index (χ4v) is 7.43. The normalized spacial score (nSPS) is 11.6. The molecule has 0 bridgehead atoms. The first-order valence-electron chi connectivity index (χ1n) is 17.5. The number of allylic oxidation sites excluding steroid dienone is 1. The summed E-state index contributed by atoms with van der Waals surface area (Å²) in [7, 11) is 0. The predicted molar refractivity (Wildman–Crippen MR) is 220 cm³/mol. The maximum atomic E-state index is 5.41. The van der Waals surface area contributed by atoms with E-state index in [0.717, 1.165) is 77.6 Å². The van der Waals surface area contributed by atoms with Gasteiger partial charge in [-0.05, 0) is 82.7 Å². The van der Waals surface area contributed by atoms with Crippen LogP contribution in [-0.2, 0) is 0 Å². The zero-order chi connectivity index (χ0) is 35.0. The highest BCUT2D eigenvalue weighted by molar-refractivity contribution is 6.17. The summed E-state index contributed by atoms with van der Waals surface area (Å²) in [4.78, 5) is 9.04. The largest absolute Gasteiger partial charge is 0.262 e. The highest BCUT2D eigenvalue weighted by Crippen LogP contribution is 2.42. The Bertz CT molecular complexity index is 2790. The standard InChI is InChI=1S/C48H34N4/c1-3-14-41-42(31-38-21-13-28-50-46(38)47(41)49-2)34-26-24-32(25-27-34)36-20-12-22-39(29-36)52-48-40-23-11-10-19-37(40)30-43(33-15-6-4-7-16-33)44(48)45(51-52)35-17-8-5-9-18-35/h3-31H,2H2,1H3/b14-3-. The quantitative estimate of drug-likeness (QED) is 0.159. The maximum absolute atomic E-state index is 5.41. The average Bonchev–Trinajstić information content (AvgIpc) is 3.62. The van der Waals surface area contributed by atoms with E-state index in [1.165, 1.54) is 16.5 Å². The summed E-state index contributed by atoms with van der Waals surface area (Å²) in [6, 6.07) is 55.8. The molecule has 0 spiro atoms. The Morgan fingerprint density at radius 2 is 1.25 bits per heavy atom. The molecule has 0 atom stereocenters. The lowest BCUT2D eigenvalue weighted by Gasteiger charge is -2.14. The summed E-state index contributed by atoms with van der Waals surface area (Å²) in [6.45, 7) is 5.91. The molecule has 4 nitrogen and oxygen atoms in total. The zero-order valence-electron chi connectivity index (χ0n) is 28.7. The molecule has 7 aromatic carbocycles. The molecule has 0 saturated carbocycles. The minimum Gasteiger partial charge on any atom is -0.262 e. The number of aliphatic imine (C=N–C) groups is 1. The van der Waals surface area contributed by atoms with E-state index < -0.39 is 0 Å². The molecule has 0 N–H and O–H groups in total. The van der Waals surface area contributed by atoms with Crippen LogP contribution in [0.3, 0.4) is 0 Å². The topological polar surface area (TPSA) is 43.1 Å². The second kappa shape index (κ2) is 13.1. The molecule has 9 rings (SSSR count). The number of fused-ring (bicyclic) bond motifs is 4. The Morgan fingerprint density at radius 1 is 0.596 bits per heavy atom. The predicted octanol–water partition coefficient (Wildman–Crippen LogP) is 12.8.